The van der Waals surface area contributed by atoms with Crippen LogP contribution in [0.25, 0.3) is 16.3 Å². The monoisotopic (exact) mass is 468 g/mol. The minimum Gasteiger partial charge on any atom is -0.350 e. The summed E-state index contributed by atoms with van der Waals surface area (Å²) in [7, 11) is 0. The molecule has 0 saturated heterocycles. The van der Waals surface area contributed by atoms with Gasteiger partial charge in [-0.3, -0.25) is 9.59 Å². The molecule has 31 heavy (non-hydrogen) atoms. The fourth-order valence-corrected chi connectivity index (χ4v) is 4.25. The molecule has 0 fully saturated rings. The Morgan fingerprint density at radius 2 is 1.42 bits per heavy atom. The van der Waals surface area contributed by atoms with Gasteiger partial charge in [-0.05, 0) is 35.2 Å². The number of nitrogens with one attached hydrogen (secondary N) is 1. The second-order valence-corrected chi connectivity index (χ2v) is 8.11. The van der Waals surface area contributed by atoms with Crippen molar-refractivity contribution in [2.75, 3.05) is 10.2 Å². The Labute approximate surface area is 187 Å². The molecule has 150 valence electrons. The highest BCUT2D eigenvalue weighted by atomic mass is 79.9. The first kappa shape index (κ1) is 19.3. The molecule has 4 aromatic rings. The minimum atomic E-state index is -0.375. The maximum atomic E-state index is 13.6. The van der Waals surface area contributed by atoms with E-state index in [4.69, 9.17) is 0 Å². The summed E-state index contributed by atoms with van der Waals surface area (Å²) in [4.78, 5) is 28.5. The van der Waals surface area contributed by atoms with Gasteiger partial charge in [0.05, 0.1) is 11.3 Å². The molecule has 1 heterocycles. The molecule has 4 nitrogen and oxygen atoms in total. The Morgan fingerprint density at radius 3 is 2.23 bits per heavy atom. The topological polar surface area (TPSA) is 49.4 Å². The van der Waals surface area contributed by atoms with Crippen LogP contribution in [-0.2, 0) is 9.59 Å². The van der Waals surface area contributed by atoms with E-state index in [1.807, 2.05) is 97.1 Å². The predicted molar refractivity (Wildman–Crippen MR) is 128 cm³/mol. The average Bonchev–Trinajstić information content (AvgIpc) is 3.03. The molecular formula is C26H17BrN2O2. The second-order valence-electron chi connectivity index (χ2n) is 7.20. The van der Waals surface area contributed by atoms with Gasteiger partial charge in [0.2, 0.25) is 0 Å². The first-order valence-corrected chi connectivity index (χ1v) is 10.6. The summed E-state index contributed by atoms with van der Waals surface area (Å²) in [5.41, 5.74) is 2.62. The van der Waals surface area contributed by atoms with Crippen molar-refractivity contribution in [3.8, 4) is 0 Å². The third-order valence-electron chi connectivity index (χ3n) is 5.25. The number of amides is 2. The molecule has 5 heteroatoms. The number of hydrogen-bond acceptors (Lipinski definition) is 3. The third kappa shape index (κ3) is 3.43. The standard InChI is InChI=1S/C26H17BrN2O2/c27-19-12-7-13-20(16-19)28-24-23(18-9-2-1-3-10-18)25(30)29(26(24)31)22-15-6-11-17-8-4-5-14-21(17)22/h1-16,28H. The molecule has 2 amide bonds. The zero-order valence-electron chi connectivity index (χ0n) is 16.4. The Bertz CT molecular complexity index is 1360. The molecule has 0 atom stereocenters. The number of anilines is 2. The lowest BCUT2D eigenvalue weighted by molar-refractivity contribution is -0.120. The van der Waals surface area contributed by atoms with Gasteiger partial charge in [-0.15, -0.1) is 0 Å². The van der Waals surface area contributed by atoms with Gasteiger partial charge in [0.25, 0.3) is 11.8 Å². The molecule has 1 N–H and O–H groups in total. The third-order valence-corrected chi connectivity index (χ3v) is 5.74. The number of imide groups is 1. The highest BCUT2D eigenvalue weighted by molar-refractivity contribution is 9.10. The minimum absolute atomic E-state index is 0.266. The number of carbonyl (C=O) groups excluding carboxylic acids is 2. The first-order chi connectivity index (χ1) is 15.1. The predicted octanol–water partition coefficient (Wildman–Crippen LogP) is 6.00. The molecule has 1 aliphatic heterocycles. The zero-order valence-corrected chi connectivity index (χ0v) is 18.0. The fourth-order valence-electron chi connectivity index (χ4n) is 3.85. The van der Waals surface area contributed by atoms with Gasteiger partial charge >= 0.3 is 0 Å². The van der Waals surface area contributed by atoms with E-state index >= 15 is 0 Å². The van der Waals surface area contributed by atoms with E-state index in [1.54, 1.807) is 0 Å². The lowest BCUT2D eigenvalue weighted by Gasteiger charge is -2.18. The Balaban J connectivity index is 1.66. The number of carbonyl (C=O) groups is 2. The van der Waals surface area contributed by atoms with Crippen LogP contribution in [0.15, 0.2) is 107 Å². The summed E-state index contributed by atoms with van der Waals surface area (Å²) >= 11 is 3.46. The lowest BCUT2D eigenvalue weighted by Crippen LogP contribution is -2.32. The molecule has 0 aliphatic carbocycles. The van der Waals surface area contributed by atoms with Crippen LogP contribution in [0, 0.1) is 0 Å². The van der Waals surface area contributed by atoms with Gasteiger partial charge in [-0.1, -0.05) is 88.7 Å². The van der Waals surface area contributed by atoms with E-state index in [9.17, 15) is 9.59 Å². The van der Waals surface area contributed by atoms with Crippen LogP contribution in [-0.4, -0.2) is 11.8 Å². The molecular weight excluding hydrogens is 452 g/mol. The van der Waals surface area contributed by atoms with Crippen LogP contribution in [0.1, 0.15) is 5.56 Å². The van der Waals surface area contributed by atoms with Crippen molar-refractivity contribution in [3.05, 3.63) is 113 Å². The van der Waals surface area contributed by atoms with Crippen molar-refractivity contribution >= 4 is 55.5 Å². The molecule has 4 aromatic carbocycles. The molecule has 0 spiro atoms. The number of rotatable bonds is 4. The summed E-state index contributed by atoms with van der Waals surface area (Å²) in [5.74, 6) is -0.717. The number of benzene rings is 4. The van der Waals surface area contributed by atoms with Crippen LogP contribution in [0.4, 0.5) is 11.4 Å². The van der Waals surface area contributed by atoms with Crippen molar-refractivity contribution in [1.82, 2.24) is 0 Å². The van der Waals surface area contributed by atoms with Gasteiger partial charge < -0.3 is 5.32 Å². The second kappa shape index (κ2) is 7.85. The van der Waals surface area contributed by atoms with Crippen molar-refractivity contribution in [2.24, 2.45) is 0 Å². The van der Waals surface area contributed by atoms with E-state index < -0.39 is 0 Å². The van der Waals surface area contributed by atoms with Crippen LogP contribution >= 0.6 is 15.9 Å². The number of nitrogens with zero attached hydrogens (tertiary/aromatic N) is 1. The van der Waals surface area contributed by atoms with E-state index in [0.717, 1.165) is 20.9 Å². The zero-order chi connectivity index (χ0) is 21.4. The molecule has 0 saturated carbocycles. The van der Waals surface area contributed by atoms with E-state index in [2.05, 4.69) is 21.2 Å². The maximum Gasteiger partial charge on any atom is 0.282 e. The Kier molecular flexibility index (Phi) is 4.88. The van der Waals surface area contributed by atoms with E-state index in [0.29, 0.717) is 16.8 Å². The highest BCUT2D eigenvalue weighted by Gasteiger charge is 2.40. The van der Waals surface area contributed by atoms with Crippen molar-refractivity contribution in [3.63, 3.8) is 0 Å². The van der Waals surface area contributed by atoms with Gasteiger partial charge in [-0.25, -0.2) is 4.90 Å². The molecule has 0 radical (unpaired) electrons. The van der Waals surface area contributed by atoms with E-state index in [-0.39, 0.29) is 17.5 Å². The lowest BCUT2D eigenvalue weighted by atomic mass is 10.0. The molecule has 1 aliphatic rings. The van der Waals surface area contributed by atoms with Gasteiger partial charge in [0, 0.05) is 15.5 Å². The summed E-state index contributed by atoms with van der Waals surface area (Å²) < 4.78 is 0.877. The molecule has 0 bridgehead atoms. The number of halogens is 1. The fraction of sp³-hybridized carbons (Fsp3) is 0. The van der Waals surface area contributed by atoms with E-state index in [1.165, 1.54) is 4.90 Å². The SMILES string of the molecule is O=C1C(Nc2cccc(Br)c2)=C(c2ccccc2)C(=O)N1c1cccc2ccccc12. The Morgan fingerprint density at radius 1 is 0.710 bits per heavy atom. The highest BCUT2D eigenvalue weighted by Crippen LogP contribution is 2.37. The summed E-state index contributed by atoms with van der Waals surface area (Å²) in [6.07, 6.45) is 0. The summed E-state index contributed by atoms with van der Waals surface area (Å²) in [6.45, 7) is 0. The van der Waals surface area contributed by atoms with Crippen LogP contribution in [0.3, 0.4) is 0 Å². The average molecular weight is 469 g/mol. The molecule has 0 unspecified atom stereocenters. The normalized spacial score (nSPS) is 13.9. The number of fused-ring (bicyclic) bond motifs is 1. The van der Waals surface area contributed by atoms with Crippen LogP contribution in [0.5, 0.6) is 0 Å². The Hall–Kier alpha value is -3.70. The van der Waals surface area contributed by atoms with Gasteiger partial charge in [0.1, 0.15) is 5.70 Å². The van der Waals surface area contributed by atoms with Crippen molar-refractivity contribution in [1.29, 1.82) is 0 Å². The van der Waals surface area contributed by atoms with Crippen LogP contribution in [0.2, 0.25) is 0 Å². The summed E-state index contributed by atoms with van der Waals surface area (Å²) in [6, 6.07) is 30.2. The number of hydrogen-bond donors (Lipinski definition) is 1. The first-order valence-electron chi connectivity index (χ1n) is 9.82. The summed E-state index contributed by atoms with van der Waals surface area (Å²) in [5, 5.41) is 5.01. The van der Waals surface area contributed by atoms with Crippen LogP contribution < -0.4 is 10.2 Å². The maximum absolute atomic E-state index is 13.6. The molecule has 0 aromatic heterocycles. The van der Waals surface area contributed by atoms with Gasteiger partial charge in [0.15, 0.2) is 0 Å². The van der Waals surface area contributed by atoms with Crippen molar-refractivity contribution < 1.29 is 9.59 Å². The largest absolute Gasteiger partial charge is 0.350 e. The smallest absolute Gasteiger partial charge is 0.282 e. The van der Waals surface area contributed by atoms with Crippen molar-refractivity contribution in [2.45, 2.75) is 0 Å². The quantitative estimate of drug-likeness (QED) is 0.373. The molecule has 5 rings (SSSR count). The van der Waals surface area contributed by atoms with Gasteiger partial charge in [-0.2, -0.15) is 0 Å².